The van der Waals surface area contributed by atoms with Gasteiger partial charge < -0.3 is 4.70 Å². The molecule has 0 rings (SSSR count). The van der Waals surface area contributed by atoms with Crippen LogP contribution in [-0.4, -0.2) is 12.3 Å². The van der Waals surface area contributed by atoms with E-state index in [4.69, 9.17) is 0 Å². The van der Waals surface area contributed by atoms with Crippen molar-refractivity contribution in [2.75, 3.05) is 0 Å². The molecule has 0 aliphatic carbocycles. The Labute approximate surface area is 44.3 Å². The summed E-state index contributed by atoms with van der Waals surface area (Å²) < 4.78 is 43.5. The highest BCUT2D eigenvalue weighted by Gasteiger charge is 2.35. The maximum absolute atomic E-state index is 11.1. The molecule has 5 heteroatoms. The van der Waals surface area contributed by atoms with Gasteiger partial charge in [-0.1, -0.05) is 0 Å². The molecule has 0 aromatic heterocycles. The Morgan fingerprint density at radius 3 is 1.50 bits per heavy atom. The minimum absolute atomic E-state index is 0. The average Bonchev–Trinajstić information content (AvgIpc) is 1.31. The molecular formula is C3H5F5. The largest absolute Gasteiger partial charge is 1.00 e. The van der Waals surface area contributed by atoms with Crippen LogP contribution in [0.15, 0.2) is 0 Å². The summed E-state index contributed by atoms with van der Waals surface area (Å²) in [6.07, 6.45) is -7.37. The highest BCUT2D eigenvalue weighted by atomic mass is 19.4. The van der Waals surface area contributed by atoms with Gasteiger partial charge in [0.1, 0.15) is 0 Å². The van der Waals surface area contributed by atoms with Crippen LogP contribution in [0, 0.1) is 0 Å². The van der Waals surface area contributed by atoms with E-state index in [1.165, 1.54) is 0 Å². The molecule has 1 unspecified atom stereocenters. The molecule has 0 heterocycles. The quantitative estimate of drug-likeness (QED) is 0.375. The summed E-state index contributed by atoms with van der Waals surface area (Å²) in [6.45, 7) is 0.458. The number of hydrogen-bond acceptors (Lipinski definition) is 0. The van der Waals surface area contributed by atoms with Crippen molar-refractivity contribution in [1.82, 2.24) is 0 Å². The van der Waals surface area contributed by atoms with E-state index >= 15 is 0 Å². The van der Waals surface area contributed by atoms with Crippen molar-refractivity contribution in [3.63, 3.8) is 0 Å². The summed E-state index contributed by atoms with van der Waals surface area (Å²) >= 11 is 0. The fourth-order valence-electron chi connectivity index (χ4n) is 0. The summed E-state index contributed by atoms with van der Waals surface area (Å²) in [5, 5.41) is 0. The molecule has 0 radical (unpaired) electrons. The van der Waals surface area contributed by atoms with Crippen LogP contribution in [-0.2, 0) is 0 Å². The lowest BCUT2D eigenvalue weighted by Crippen LogP contribution is -3.00. The van der Waals surface area contributed by atoms with Gasteiger partial charge in [-0.3, -0.25) is 0 Å². The summed E-state index contributed by atoms with van der Waals surface area (Å²) in [5.74, 6) is 0. The second-order valence-corrected chi connectivity index (χ2v) is 1.16. The van der Waals surface area contributed by atoms with Crippen LogP contribution < -0.4 is 4.70 Å². The van der Waals surface area contributed by atoms with Crippen LogP contribution >= 0.6 is 0 Å². The minimum atomic E-state index is -4.67. The Hall–Kier alpha value is -0.350. The lowest BCUT2D eigenvalue weighted by atomic mass is 10.4. The highest BCUT2D eigenvalue weighted by molar-refractivity contribution is 4.56. The summed E-state index contributed by atoms with van der Waals surface area (Å²) in [4.78, 5) is 0. The third-order valence-electron chi connectivity index (χ3n) is 0.451. The van der Waals surface area contributed by atoms with E-state index < -0.39 is 12.3 Å². The molecule has 0 aliphatic rings. The Balaban J connectivity index is -0.000000180. The van der Waals surface area contributed by atoms with Gasteiger partial charge in [0, 0.05) is 0 Å². The predicted octanol–water partition coefficient (Wildman–Crippen LogP) is -0.977. The normalized spacial score (nSPS) is 14.6. The third-order valence-corrected chi connectivity index (χ3v) is 0.451. The first-order chi connectivity index (χ1) is 2.94. The van der Waals surface area contributed by atoms with Gasteiger partial charge in [-0.15, -0.1) is 0 Å². The smallest absolute Gasteiger partial charge is 1.00 e. The van der Waals surface area contributed by atoms with Gasteiger partial charge in [-0.05, 0) is 6.92 Å². The fraction of sp³-hybridized carbons (Fsp3) is 1.00. The van der Waals surface area contributed by atoms with Gasteiger partial charge in [0.15, 0.2) is 6.17 Å². The zero-order valence-electron chi connectivity index (χ0n) is 4.97. The number of hydrogen-bond donors (Lipinski definition) is 0. The van der Waals surface area contributed by atoms with Gasteiger partial charge in [0.2, 0.25) is 0 Å². The van der Waals surface area contributed by atoms with Crippen molar-refractivity contribution in [3.05, 3.63) is 0 Å². The lowest BCUT2D eigenvalue weighted by molar-refractivity contribution is -0.174. The Kier molecular flexibility index (Phi) is 3.76. The first-order valence-corrected chi connectivity index (χ1v) is 1.65. The molecule has 0 spiro atoms. The molecule has 52 valence electrons. The van der Waals surface area contributed by atoms with Gasteiger partial charge in [-0.2, -0.15) is 13.2 Å². The first-order valence-electron chi connectivity index (χ1n) is 1.65. The van der Waals surface area contributed by atoms with Crippen LogP contribution in [0.5, 0.6) is 0 Å². The molecule has 0 aliphatic heterocycles. The van der Waals surface area contributed by atoms with Crippen molar-refractivity contribution in [2.45, 2.75) is 19.3 Å². The predicted molar refractivity (Wildman–Crippen MR) is 17.7 cm³/mol. The van der Waals surface area contributed by atoms with Crippen molar-refractivity contribution in [2.24, 2.45) is 0 Å². The summed E-state index contributed by atoms with van der Waals surface area (Å²) in [5.41, 5.74) is 0. The molecule has 0 saturated carbocycles. The van der Waals surface area contributed by atoms with Crippen LogP contribution in [0.25, 0.3) is 0 Å². The molecule has 0 fully saturated rings. The van der Waals surface area contributed by atoms with E-state index in [1.807, 2.05) is 0 Å². The second-order valence-electron chi connectivity index (χ2n) is 1.16. The maximum atomic E-state index is 11.1. The van der Waals surface area contributed by atoms with Crippen LogP contribution in [0.4, 0.5) is 17.6 Å². The lowest BCUT2D eigenvalue weighted by Gasteiger charge is -2.04. The number of alkyl halides is 4. The molecule has 0 aromatic rings. The first kappa shape index (κ1) is 10.6. The molecule has 1 atom stereocenters. The zero-order valence-corrected chi connectivity index (χ0v) is 3.97. The van der Waals surface area contributed by atoms with E-state index in [2.05, 4.69) is 0 Å². The SMILES string of the molecule is CC(F)C(F)(F)F.[F-].[H+]. The van der Waals surface area contributed by atoms with Crippen LogP contribution in [0.2, 0.25) is 0 Å². The van der Waals surface area contributed by atoms with E-state index in [0.717, 1.165) is 0 Å². The molecule has 0 saturated heterocycles. The van der Waals surface area contributed by atoms with Crippen molar-refractivity contribution < 1.29 is 23.7 Å². The molecule has 0 amide bonds. The van der Waals surface area contributed by atoms with E-state index in [9.17, 15) is 17.6 Å². The number of halogens is 5. The van der Waals surface area contributed by atoms with Crippen molar-refractivity contribution >= 4 is 0 Å². The third kappa shape index (κ3) is 3.83. The second kappa shape index (κ2) is 2.84. The average molecular weight is 136 g/mol. The molecule has 0 nitrogen and oxygen atoms in total. The van der Waals surface area contributed by atoms with Gasteiger partial charge >= 0.3 is 7.60 Å². The minimum Gasteiger partial charge on any atom is -1.00 e. The molecular weight excluding hydrogens is 131 g/mol. The Morgan fingerprint density at radius 2 is 1.50 bits per heavy atom. The Morgan fingerprint density at radius 1 is 1.38 bits per heavy atom. The van der Waals surface area contributed by atoms with E-state index in [0.29, 0.717) is 6.92 Å². The monoisotopic (exact) mass is 136 g/mol. The standard InChI is InChI=1S/C3H4F4.FH/c1-2(4)3(5,6)7;/h2H,1H3;1H. The zero-order chi connectivity index (χ0) is 6.08. The summed E-state index contributed by atoms with van der Waals surface area (Å²) in [7, 11) is 0. The van der Waals surface area contributed by atoms with Gasteiger partial charge in [-0.25, -0.2) is 4.39 Å². The Bertz CT molecular complexity index is 57.7. The van der Waals surface area contributed by atoms with Crippen LogP contribution in [0.1, 0.15) is 8.35 Å². The number of rotatable bonds is 0. The molecule has 8 heavy (non-hydrogen) atoms. The molecule has 0 bridgehead atoms. The van der Waals surface area contributed by atoms with Gasteiger partial charge in [0.25, 0.3) is 0 Å². The molecule has 0 aromatic carbocycles. The molecule has 0 N–H and O–H groups in total. The maximum Gasteiger partial charge on any atom is 1.00 e. The van der Waals surface area contributed by atoms with Crippen LogP contribution in [0.3, 0.4) is 0 Å². The summed E-state index contributed by atoms with van der Waals surface area (Å²) in [6, 6.07) is 0. The van der Waals surface area contributed by atoms with E-state index in [-0.39, 0.29) is 6.13 Å². The van der Waals surface area contributed by atoms with Gasteiger partial charge in [0.05, 0.1) is 0 Å². The highest BCUT2D eigenvalue weighted by Crippen LogP contribution is 2.21. The van der Waals surface area contributed by atoms with Crippen molar-refractivity contribution in [1.29, 1.82) is 0 Å². The van der Waals surface area contributed by atoms with Crippen molar-refractivity contribution in [3.8, 4) is 0 Å². The fourth-order valence-corrected chi connectivity index (χ4v) is 0. The topological polar surface area (TPSA) is 0 Å². The van der Waals surface area contributed by atoms with E-state index in [1.54, 1.807) is 0 Å².